The second kappa shape index (κ2) is 6.03. The van der Waals surface area contributed by atoms with Crippen LogP contribution in [0.5, 0.6) is 0 Å². The molecule has 0 aromatic rings. The van der Waals surface area contributed by atoms with Crippen molar-refractivity contribution in [1.82, 2.24) is 6.15 Å². The monoisotopic (exact) mass is 149 g/mol. The Balaban J connectivity index is 0. The molecule has 0 radical (unpaired) electrons. The first kappa shape index (κ1) is 11.7. The molecule has 0 rings (SSSR count). The molecule has 0 fully saturated rings. The number of hydrogen-bond donors (Lipinski definition) is 2. The number of carbonyl (C=O) groups excluding carboxylic acids is 1. The maximum absolute atomic E-state index is 9.77. The van der Waals surface area contributed by atoms with Crippen LogP contribution in [-0.2, 0) is 9.59 Å². The van der Waals surface area contributed by atoms with Gasteiger partial charge in [0, 0.05) is 12.4 Å². The van der Waals surface area contributed by atoms with Gasteiger partial charge in [-0.2, -0.15) is 0 Å². The second-order valence-corrected chi connectivity index (χ2v) is 1.62. The lowest BCUT2D eigenvalue weighted by atomic mass is 10.2. The topological polar surface area (TPSA) is 114 Å². The van der Waals surface area contributed by atoms with Crippen LogP contribution in [0.4, 0.5) is 0 Å². The zero-order valence-corrected chi connectivity index (χ0v) is 5.79. The molecule has 0 aliphatic carbocycles. The van der Waals surface area contributed by atoms with E-state index in [1.807, 2.05) is 0 Å². The molecule has 0 aromatic carbocycles. The van der Waals surface area contributed by atoms with E-state index in [2.05, 4.69) is 0 Å². The number of carboxylic acids is 2. The smallest absolute Gasteiger partial charge is 0.303 e. The lowest BCUT2D eigenvalue weighted by Crippen LogP contribution is -2.21. The van der Waals surface area contributed by atoms with Crippen molar-refractivity contribution in [2.45, 2.75) is 19.3 Å². The Morgan fingerprint density at radius 3 is 2.10 bits per heavy atom. The Morgan fingerprint density at radius 2 is 1.80 bits per heavy atom. The number of carbonyl (C=O) groups is 2. The summed E-state index contributed by atoms with van der Waals surface area (Å²) in [6.45, 7) is 0. The summed E-state index contributed by atoms with van der Waals surface area (Å²) in [5.41, 5.74) is 0. The van der Waals surface area contributed by atoms with Gasteiger partial charge in [0.15, 0.2) is 0 Å². The van der Waals surface area contributed by atoms with Gasteiger partial charge < -0.3 is 21.2 Å². The van der Waals surface area contributed by atoms with E-state index in [4.69, 9.17) is 5.11 Å². The van der Waals surface area contributed by atoms with E-state index < -0.39 is 11.9 Å². The van der Waals surface area contributed by atoms with Crippen LogP contribution in [0.15, 0.2) is 0 Å². The largest absolute Gasteiger partial charge is 0.550 e. The average Bonchev–Trinajstić information content (AvgIpc) is 1.63. The fourth-order valence-electron chi connectivity index (χ4n) is 0.384. The van der Waals surface area contributed by atoms with Gasteiger partial charge in [-0.25, -0.2) is 0 Å². The second-order valence-electron chi connectivity index (χ2n) is 1.62. The Kier molecular flexibility index (Phi) is 7.03. The Bertz CT molecular complexity index is 109. The van der Waals surface area contributed by atoms with E-state index in [-0.39, 0.29) is 25.4 Å². The summed E-state index contributed by atoms with van der Waals surface area (Å²) in [6, 6.07) is 0. The predicted molar refractivity (Wildman–Crippen MR) is 32.5 cm³/mol. The average molecular weight is 149 g/mol. The summed E-state index contributed by atoms with van der Waals surface area (Å²) >= 11 is 0. The van der Waals surface area contributed by atoms with Gasteiger partial charge >= 0.3 is 5.97 Å². The van der Waals surface area contributed by atoms with Crippen LogP contribution in [0.1, 0.15) is 19.3 Å². The van der Waals surface area contributed by atoms with Crippen LogP contribution < -0.4 is 11.3 Å². The first-order chi connectivity index (χ1) is 4.13. The first-order valence-electron chi connectivity index (χ1n) is 2.54. The van der Waals surface area contributed by atoms with Gasteiger partial charge in [-0.3, -0.25) is 4.79 Å². The third kappa shape index (κ3) is 10.0. The van der Waals surface area contributed by atoms with Crippen molar-refractivity contribution in [3.05, 3.63) is 0 Å². The summed E-state index contributed by atoms with van der Waals surface area (Å²) in [6.07, 6.45) is -0.127. The molecular weight excluding hydrogens is 138 g/mol. The number of rotatable bonds is 4. The van der Waals surface area contributed by atoms with Crippen molar-refractivity contribution in [3.8, 4) is 0 Å². The minimum Gasteiger partial charge on any atom is -0.550 e. The molecule has 0 aliphatic rings. The standard InChI is InChI=1S/C5H8O4.H3N/c6-4(7)2-1-3-5(8)9;/h1-3H2,(H,6,7)(H,8,9);1H3. The van der Waals surface area contributed by atoms with Gasteiger partial charge in [-0.05, 0) is 12.8 Å². The molecule has 0 saturated carbocycles. The minimum atomic E-state index is -1.20. The number of aliphatic carboxylic acids is 2. The van der Waals surface area contributed by atoms with Crippen molar-refractivity contribution in [1.29, 1.82) is 0 Å². The summed E-state index contributed by atoms with van der Waals surface area (Å²) in [5, 5.41) is 17.7. The third-order valence-corrected chi connectivity index (χ3v) is 0.772. The van der Waals surface area contributed by atoms with Gasteiger partial charge in [-0.15, -0.1) is 0 Å². The molecule has 0 bridgehead atoms. The lowest BCUT2D eigenvalue weighted by molar-refractivity contribution is -0.305. The van der Waals surface area contributed by atoms with Crippen LogP contribution in [0.25, 0.3) is 0 Å². The van der Waals surface area contributed by atoms with Gasteiger partial charge in [0.1, 0.15) is 0 Å². The molecule has 0 aliphatic heterocycles. The normalized spacial score (nSPS) is 8.00. The van der Waals surface area contributed by atoms with E-state index in [0.29, 0.717) is 0 Å². The molecule has 5 N–H and O–H groups in total. The highest BCUT2D eigenvalue weighted by Crippen LogP contribution is 1.92. The highest BCUT2D eigenvalue weighted by atomic mass is 16.4. The molecule has 10 heavy (non-hydrogen) atoms. The molecule has 0 saturated heterocycles. The number of hydrogen-bond acceptors (Lipinski definition) is 3. The Hall–Kier alpha value is -1.10. The van der Waals surface area contributed by atoms with Crippen molar-refractivity contribution in [3.63, 3.8) is 0 Å². The van der Waals surface area contributed by atoms with Crippen molar-refractivity contribution >= 4 is 11.9 Å². The SMILES string of the molecule is O=C([O-])CCCC(=O)O.[NH4+]. The maximum Gasteiger partial charge on any atom is 0.303 e. The predicted octanol–water partition coefficient (Wildman–Crippen LogP) is -0.633. The van der Waals surface area contributed by atoms with Crippen LogP contribution in [-0.4, -0.2) is 17.0 Å². The van der Waals surface area contributed by atoms with Crippen molar-refractivity contribution in [2.24, 2.45) is 0 Å². The Labute approximate surface area is 58.2 Å². The zero-order chi connectivity index (χ0) is 7.28. The highest BCUT2D eigenvalue weighted by molar-refractivity contribution is 5.68. The fraction of sp³-hybridized carbons (Fsp3) is 0.600. The summed E-state index contributed by atoms with van der Waals surface area (Å²) in [7, 11) is 0. The maximum atomic E-state index is 9.77. The third-order valence-electron chi connectivity index (χ3n) is 0.772. The summed E-state index contributed by atoms with van der Waals surface area (Å²) in [4.78, 5) is 19.4. The molecule has 0 spiro atoms. The summed E-state index contributed by atoms with van der Waals surface area (Å²) in [5.74, 6) is -2.17. The van der Waals surface area contributed by atoms with E-state index >= 15 is 0 Å². The quantitative estimate of drug-likeness (QED) is 0.553. The summed E-state index contributed by atoms with van der Waals surface area (Å²) < 4.78 is 0. The first-order valence-corrected chi connectivity index (χ1v) is 2.54. The van der Waals surface area contributed by atoms with Crippen molar-refractivity contribution < 1.29 is 19.8 Å². The van der Waals surface area contributed by atoms with E-state index in [9.17, 15) is 14.7 Å². The fourth-order valence-corrected chi connectivity index (χ4v) is 0.384. The van der Waals surface area contributed by atoms with Crippen LogP contribution in [0.3, 0.4) is 0 Å². The lowest BCUT2D eigenvalue weighted by Gasteiger charge is -1.96. The molecule has 0 unspecified atom stereocenters. The van der Waals surface area contributed by atoms with Crippen LogP contribution >= 0.6 is 0 Å². The molecular formula is C5H11NO4. The molecule has 0 amide bonds. The van der Waals surface area contributed by atoms with Crippen LogP contribution in [0, 0.1) is 0 Å². The van der Waals surface area contributed by atoms with Gasteiger partial charge in [-0.1, -0.05) is 0 Å². The van der Waals surface area contributed by atoms with E-state index in [1.54, 1.807) is 0 Å². The number of carboxylic acid groups (broad SMARTS) is 2. The molecule has 5 heteroatoms. The van der Waals surface area contributed by atoms with Gasteiger partial charge in [0.2, 0.25) is 0 Å². The highest BCUT2D eigenvalue weighted by Gasteiger charge is 1.94. The van der Waals surface area contributed by atoms with E-state index in [0.717, 1.165) is 0 Å². The minimum absolute atomic E-state index is 0. The van der Waals surface area contributed by atoms with Crippen molar-refractivity contribution in [2.75, 3.05) is 0 Å². The molecule has 0 atom stereocenters. The van der Waals surface area contributed by atoms with Crippen LogP contribution in [0.2, 0.25) is 0 Å². The number of quaternary nitrogens is 1. The Morgan fingerprint density at radius 1 is 1.30 bits per heavy atom. The van der Waals surface area contributed by atoms with Gasteiger partial charge in [0.25, 0.3) is 0 Å². The van der Waals surface area contributed by atoms with Gasteiger partial charge in [0.05, 0.1) is 0 Å². The molecule has 5 nitrogen and oxygen atoms in total. The zero-order valence-electron chi connectivity index (χ0n) is 5.79. The molecule has 0 heterocycles. The molecule has 60 valence electrons. The van der Waals surface area contributed by atoms with E-state index in [1.165, 1.54) is 0 Å². The molecule has 0 aromatic heterocycles.